The normalized spacial score (nSPS) is 13.4. The van der Waals surface area contributed by atoms with Gasteiger partial charge in [0, 0.05) is 37.6 Å². The summed E-state index contributed by atoms with van der Waals surface area (Å²) in [5, 5.41) is 8.98. The molecule has 10 aromatic rings. The van der Waals surface area contributed by atoms with Gasteiger partial charge in [-0.15, -0.1) is 11.3 Å². The van der Waals surface area contributed by atoms with Gasteiger partial charge >= 0.3 is 0 Å². The molecule has 0 unspecified atom stereocenters. The number of hydrogen-bond acceptors (Lipinski definition) is 2. The molecule has 0 saturated carbocycles. The number of para-hydroxylation sites is 1. The number of nitrogens with zero attached hydrogens (tertiary/aromatic N) is 1. The van der Waals surface area contributed by atoms with Crippen LogP contribution in [0.1, 0.15) is 39.6 Å². The van der Waals surface area contributed by atoms with Crippen molar-refractivity contribution >= 4 is 83.0 Å². The van der Waals surface area contributed by atoms with E-state index in [1.54, 1.807) is 11.3 Å². The van der Waals surface area contributed by atoms with E-state index in [0.29, 0.717) is 0 Å². The number of benzene rings is 9. The van der Waals surface area contributed by atoms with Crippen LogP contribution in [-0.2, 0) is 5.41 Å². The summed E-state index contributed by atoms with van der Waals surface area (Å²) in [5.74, 6) is 0. The molecular weight excluding hydrogens is 719 g/mol. The van der Waals surface area contributed by atoms with Crippen LogP contribution < -0.4 is 4.90 Å². The van der Waals surface area contributed by atoms with Gasteiger partial charge in [0.05, 0.1) is 5.41 Å². The smallest absolute Gasteiger partial charge is 0.0737 e. The lowest BCUT2D eigenvalue weighted by Crippen LogP contribution is -2.26. The number of allylic oxidation sites excluding steroid dienone is 1. The van der Waals surface area contributed by atoms with Crippen molar-refractivity contribution in [2.45, 2.75) is 12.3 Å². The molecule has 0 aliphatic heterocycles. The molecule has 0 radical (unpaired) electrons. The second-order valence-electron chi connectivity index (χ2n) is 15.5. The molecule has 0 fully saturated rings. The third-order valence-electron chi connectivity index (χ3n) is 12.7. The van der Waals surface area contributed by atoms with Gasteiger partial charge < -0.3 is 4.90 Å². The van der Waals surface area contributed by atoms with Gasteiger partial charge in [0.1, 0.15) is 0 Å². The van der Waals surface area contributed by atoms with Crippen LogP contribution in [0, 0.1) is 0 Å². The SMILES string of the molecule is C=Cc1sc2ccc(N(c3ccccc3)c3ccc4c5c(ccc4c3)-c3c(c4ccccc4c4ccccc34)C53c4ccccc4-c4ccccc43)cc2c1/C=C\C. The number of thiophene rings is 1. The van der Waals surface area contributed by atoms with Crippen molar-refractivity contribution in [3.05, 3.63) is 221 Å². The van der Waals surface area contributed by atoms with E-state index < -0.39 is 5.41 Å². The van der Waals surface area contributed by atoms with Crippen LogP contribution in [0.5, 0.6) is 0 Å². The number of fused-ring (bicyclic) bond motifs is 18. The Morgan fingerprint density at radius 1 is 0.500 bits per heavy atom. The topological polar surface area (TPSA) is 3.24 Å². The first-order valence-electron chi connectivity index (χ1n) is 20.1. The maximum Gasteiger partial charge on any atom is 0.0737 e. The number of rotatable bonds is 5. The van der Waals surface area contributed by atoms with E-state index in [0.717, 1.165) is 17.1 Å². The molecule has 0 bridgehead atoms. The fraction of sp³-hybridized carbons (Fsp3) is 0.0357. The average Bonchev–Trinajstić information content (AvgIpc) is 3.91. The summed E-state index contributed by atoms with van der Waals surface area (Å²) in [5.41, 5.74) is 14.9. The summed E-state index contributed by atoms with van der Waals surface area (Å²) in [6.07, 6.45) is 6.31. The molecule has 0 atom stereocenters. The van der Waals surface area contributed by atoms with E-state index in [4.69, 9.17) is 0 Å². The molecule has 58 heavy (non-hydrogen) atoms. The molecule has 1 nitrogen and oxygen atoms in total. The summed E-state index contributed by atoms with van der Waals surface area (Å²) in [6.45, 7) is 6.22. The Kier molecular flexibility index (Phi) is 7.15. The highest BCUT2D eigenvalue weighted by atomic mass is 32.1. The standard InChI is InChI=1S/C56H37NS/c1-3-16-44-48-34-38(29-32-52(48)58-51(44)4-2)57(36-17-6-5-7-18-36)37-28-31-39-35(33-37)27-30-47-53-45-23-10-8-19-40(45)41-20-9-11-24-46(41)55(53)56(54(39)47)49-25-14-12-21-42(49)43-22-13-15-26-50(43)56/h3-34H,2H2,1H3/b16-3-. The molecule has 9 aromatic carbocycles. The average molecular weight is 756 g/mol. The molecule has 2 aliphatic carbocycles. The van der Waals surface area contributed by atoms with Crippen LogP contribution >= 0.6 is 11.3 Å². The molecule has 1 aromatic heterocycles. The van der Waals surface area contributed by atoms with Crippen molar-refractivity contribution in [3.63, 3.8) is 0 Å². The summed E-state index contributed by atoms with van der Waals surface area (Å²) < 4.78 is 1.26. The van der Waals surface area contributed by atoms with Gasteiger partial charge in [-0.1, -0.05) is 158 Å². The van der Waals surface area contributed by atoms with Gasteiger partial charge in [-0.2, -0.15) is 0 Å². The van der Waals surface area contributed by atoms with Crippen LogP contribution in [0.25, 0.3) is 76.8 Å². The Balaban J connectivity index is 1.17. The van der Waals surface area contributed by atoms with Crippen LogP contribution in [-0.4, -0.2) is 0 Å². The molecular formula is C56H37NS. The van der Waals surface area contributed by atoms with Gasteiger partial charge in [-0.25, -0.2) is 0 Å². The highest BCUT2D eigenvalue weighted by molar-refractivity contribution is 7.20. The Morgan fingerprint density at radius 3 is 1.84 bits per heavy atom. The third kappa shape index (κ3) is 4.36. The van der Waals surface area contributed by atoms with E-state index in [1.807, 2.05) is 6.08 Å². The summed E-state index contributed by atoms with van der Waals surface area (Å²) in [6, 6.07) is 66.0. The van der Waals surface area contributed by atoms with E-state index in [1.165, 1.54) is 97.4 Å². The van der Waals surface area contributed by atoms with E-state index in [9.17, 15) is 0 Å². The summed E-state index contributed by atoms with van der Waals surface area (Å²) >= 11 is 1.80. The highest BCUT2D eigenvalue weighted by Gasteiger charge is 2.53. The van der Waals surface area contributed by atoms with Crippen molar-refractivity contribution in [2.75, 3.05) is 4.90 Å². The third-order valence-corrected chi connectivity index (χ3v) is 13.9. The first-order valence-corrected chi connectivity index (χ1v) is 20.9. The Labute approximate surface area is 342 Å². The van der Waals surface area contributed by atoms with E-state index >= 15 is 0 Å². The number of hydrogen-bond donors (Lipinski definition) is 0. The largest absolute Gasteiger partial charge is 0.310 e. The monoisotopic (exact) mass is 755 g/mol. The van der Waals surface area contributed by atoms with Crippen molar-refractivity contribution in [2.24, 2.45) is 0 Å². The zero-order valence-corrected chi connectivity index (χ0v) is 32.9. The first-order chi connectivity index (χ1) is 28.7. The van der Waals surface area contributed by atoms with Crippen molar-refractivity contribution < 1.29 is 0 Å². The molecule has 0 N–H and O–H groups in total. The lowest BCUT2D eigenvalue weighted by molar-refractivity contribution is 0.809. The van der Waals surface area contributed by atoms with Gasteiger partial charge in [-0.05, 0) is 126 Å². The van der Waals surface area contributed by atoms with Gasteiger partial charge in [0.2, 0.25) is 0 Å². The summed E-state index contributed by atoms with van der Waals surface area (Å²) in [4.78, 5) is 3.60. The van der Waals surface area contributed by atoms with Crippen molar-refractivity contribution in [1.82, 2.24) is 0 Å². The summed E-state index contributed by atoms with van der Waals surface area (Å²) in [7, 11) is 0. The minimum atomic E-state index is -0.502. The lowest BCUT2D eigenvalue weighted by Gasteiger charge is -2.33. The Morgan fingerprint density at radius 2 is 1.12 bits per heavy atom. The molecule has 2 heteroatoms. The molecule has 12 rings (SSSR count). The van der Waals surface area contributed by atoms with Gasteiger partial charge in [-0.3, -0.25) is 0 Å². The van der Waals surface area contributed by atoms with Crippen LogP contribution in [0.15, 0.2) is 189 Å². The van der Waals surface area contributed by atoms with Crippen LogP contribution in [0.3, 0.4) is 0 Å². The zero-order valence-electron chi connectivity index (χ0n) is 32.0. The van der Waals surface area contributed by atoms with Crippen LogP contribution in [0.2, 0.25) is 0 Å². The van der Waals surface area contributed by atoms with Gasteiger partial charge in [0.15, 0.2) is 0 Å². The minimum absolute atomic E-state index is 0.502. The molecule has 0 amide bonds. The van der Waals surface area contributed by atoms with Gasteiger partial charge in [0.25, 0.3) is 0 Å². The van der Waals surface area contributed by atoms with E-state index in [-0.39, 0.29) is 0 Å². The zero-order chi connectivity index (χ0) is 38.5. The quantitative estimate of drug-likeness (QED) is 0.158. The minimum Gasteiger partial charge on any atom is -0.310 e. The molecule has 2 aliphatic rings. The fourth-order valence-electron chi connectivity index (χ4n) is 10.6. The van der Waals surface area contributed by atoms with E-state index in [2.05, 4.69) is 206 Å². The Bertz CT molecular complexity index is 3340. The highest BCUT2D eigenvalue weighted by Crippen LogP contribution is 2.66. The maximum atomic E-state index is 4.14. The van der Waals surface area contributed by atoms with Crippen LogP contribution in [0.4, 0.5) is 17.1 Å². The predicted octanol–water partition coefficient (Wildman–Crippen LogP) is 15.9. The Hall–Kier alpha value is -7.00. The molecule has 1 heterocycles. The van der Waals surface area contributed by atoms with Crippen molar-refractivity contribution in [1.29, 1.82) is 0 Å². The maximum absolute atomic E-state index is 4.14. The number of anilines is 3. The first kappa shape index (κ1) is 33.2. The molecule has 272 valence electrons. The second-order valence-corrected chi connectivity index (χ2v) is 16.6. The lowest BCUT2D eigenvalue weighted by atomic mass is 9.68. The molecule has 1 spiro atoms. The van der Waals surface area contributed by atoms with Crippen molar-refractivity contribution in [3.8, 4) is 22.3 Å². The second kappa shape index (κ2) is 12.5. The fourth-order valence-corrected chi connectivity index (χ4v) is 11.6. The molecule has 0 saturated heterocycles. The predicted molar refractivity (Wildman–Crippen MR) is 250 cm³/mol.